The van der Waals surface area contributed by atoms with E-state index in [2.05, 4.69) is 30.2 Å². The first-order chi connectivity index (χ1) is 14.7. The summed E-state index contributed by atoms with van der Waals surface area (Å²) in [6, 6.07) is 7.68. The minimum atomic E-state index is -0.242. The van der Waals surface area contributed by atoms with Crippen LogP contribution in [0.4, 0.5) is 5.82 Å². The molecule has 9 nitrogen and oxygen atoms in total. The molecular weight excluding hydrogens is 380 g/mol. The smallest absolute Gasteiger partial charge is 0.243 e. The summed E-state index contributed by atoms with van der Waals surface area (Å²) in [5.41, 5.74) is 3.03. The number of fused-ring (bicyclic) bond motifs is 1. The lowest BCUT2D eigenvalue weighted by molar-refractivity contribution is -0.122. The molecule has 1 atom stereocenters. The second-order valence-corrected chi connectivity index (χ2v) is 7.43. The first-order valence-electron chi connectivity index (χ1n) is 9.95. The van der Waals surface area contributed by atoms with Crippen molar-refractivity contribution in [3.63, 3.8) is 0 Å². The molecule has 1 amide bonds. The van der Waals surface area contributed by atoms with Crippen molar-refractivity contribution in [3.05, 3.63) is 61.1 Å². The van der Waals surface area contributed by atoms with Gasteiger partial charge < -0.3 is 14.8 Å². The fraction of sp³-hybridized carbons (Fsp3) is 0.286. The first-order valence-corrected chi connectivity index (χ1v) is 9.95. The Bertz CT molecular complexity index is 1180. The van der Waals surface area contributed by atoms with E-state index in [1.54, 1.807) is 35.8 Å². The van der Waals surface area contributed by atoms with Gasteiger partial charge in [-0.1, -0.05) is 6.07 Å². The number of nitrogens with zero attached hydrogens (tertiary/aromatic N) is 7. The van der Waals surface area contributed by atoms with Crippen LogP contribution in [0.15, 0.2) is 55.5 Å². The summed E-state index contributed by atoms with van der Waals surface area (Å²) in [4.78, 5) is 32.4. The van der Waals surface area contributed by atoms with Crippen LogP contribution in [0.25, 0.3) is 17.0 Å². The number of hydrogen-bond acceptors (Lipinski definition) is 6. The molecule has 0 radical (unpaired) electrons. The van der Waals surface area contributed by atoms with Gasteiger partial charge in [0, 0.05) is 38.7 Å². The molecule has 152 valence electrons. The van der Waals surface area contributed by atoms with Crippen LogP contribution < -0.4 is 10.2 Å². The van der Waals surface area contributed by atoms with E-state index in [0.29, 0.717) is 12.5 Å². The summed E-state index contributed by atoms with van der Waals surface area (Å²) in [6.07, 6.45) is 10.4. The molecule has 0 bridgehead atoms. The molecule has 0 aliphatic carbocycles. The van der Waals surface area contributed by atoms with Crippen molar-refractivity contribution >= 4 is 22.8 Å². The molecule has 30 heavy (non-hydrogen) atoms. The number of carbonyl (C=O) groups excluding carboxylic acids is 1. The molecule has 9 heteroatoms. The van der Waals surface area contributed by atoms with Crippen molar-refractivity contribution in [2.24, 2.45) is 7.05 Å². The number of aryl methyl sites for hydroxylation is 1. The number of nitrogens with one attached hydrogen (secondary N) is 1. The monoisotopic (exact) mass is 402 g/mol. The van der Waals surface area contributed by atoms with Gasteiger partial charge in [-0.3, -0.25) is 9.36 Å². The van der Waals surface area contributed by atoms with Gasteiger partial charge in [-0.2, -0.15) is 4.98 Å². The summed E-state index contributed by atoms with van der Waals surface area (Å²) >= 11 is 0. The Hall–Kier alpha value is -3.75. The number of carbonyl (C=O) groups is 1. The molecule has 1 aromatic carbocycles. The third-order valence-corrected chi connectivity index (χ3v) is 5.47. The second-order valence-electron chi connectivity index (χ2n) is 7.43. The second kappa shape index (κ2) is 7.58. The number of imidazole rings is 2. The van der Waals surface area contributed by atoms with E-state index >= 15 is 0 Å². The summed E-state index contributed by atoms with van der Waals surface area (Å²) in [5.74, 6) is 1.30. The van der Waals surface area contributed by atoms with Gasteiger partial charge in [0.05, 0.1) is 17.4 Å². The van der Waals surface area contributed by atoms with E-state index in [1.165, 1.54) is 0 Å². The number of anilines is 1. The number of benzene rings is 1. The highest BCUT2D eigenvalue weighted by Gasteiger charge is 2.31. The predicted octanol–water partition coefficient (Wildman–Crippen LogP) is 1.83. The third kappa shape index (κ3) is 3.38. The molecular formula is C21H22N8O. The average molecular weight is 402 g/mol. The Labute approximate surface area is 173 Å². The predicted molar refractivity (Wildman–Crippen MR) is 112 cm³/mol. The van der Waals surface area contributed by atoms with E-state index in [9.17, 15) is 4.79 Å². The van der Waals surface area contributed by atoms with E-state index in [-0.39, 0.29) is 11.9 Å². The van der Waals surface area contributed by atoms with Crippen molar-refractivity contribution in [2.75, 3.05) is 11.4 Å². The largest absolute Gasteiger partial charge is 0.350 e. The van der Waals surface area contributed by atoms with Crippen molar-refractivity contribution in [3.8, 4) is 5.95 Å². The van der Waals surface area contributed by atoms with Gasteiger partial charge in [0.1, 0.15) is 18.2 Å². The molecule has 1 saturated heterocycles. The van der Waals surface area contributed by atoms with Crippen LogP contribution in [0, 0.1) is 0 Å². The molecule has 3 aromatic heterocycles. The van der Waals surface area contributed by atoms with Crippen molar-refractivity contribution < 1.29 is 4.79 Å². The molecule has 0 unspecified atom stereocenters. The Morgan fingerprint density at radius 1 is 1.20 bits per heavy atom. The number of rotatable bonds is 5. The van der Waals surface area contributed by atoms with E-state index < -0.39 is 0 Å². The zero-order valence-electron chi connectivity index (χ0n) is 16.6. The molecule has 1 aliphatic heterocycles. The Morgan fingerprint density at radius 2 is 2.13 bits per heavy atom. The third-order valence-electron chi connectivity index (χ3n) is 5.47. The Balaban J connectivity index is 1.29. The molecule has 1 aliphatic rings. The molecule has 0 saturated carbocycles. The highest BCUT2D eigenvalue weighted by Crippen LogP contribution is 2.24. The molecule has 5 rings (SSSR count). The number of amides is 1. The van der Waals surface area contributed by atoms with E-state index in [0.717, 1.165) is 41.8 Å². The van der Waals surface area contributed by atoms with Crippen LogP contribution in [0.2, 0.25) is 0 Å². The van der Waals surface area contributed by atoms with Gasteiger partial charge in [0.15, 0.2) is 0 Å². The molecule has 0 spiro atoms. The standard InChI is InChI=1S/C21H22N8O/c1-27-14-25-16-11-15(4-5-17(16)27)12-24-20(30)18-3-2-9-29(18)19-6-7-23-21(26-19)28-10-8-22-13-28/h4-8,10-11,13-14,18H,2-3,9,12H2,1H3,(H,24,30)/t18-/m1/s1. The van der Waals surface area contributed by atoms with Crippen molar-refractivity contribution in [2.45, 2.75) is 25.4 Å². The number of hydrogen-bond donors (Lipinski definition) is 1. The average Bonchev–Trinajstić information content (AvgIpc) is 3.53. The molecule has 4 heterocycles. The van der Waals surface area contributed by atoms with E-state index in [1.807, 2.05) is 35.9 Å². The molecule has 4 aromatic rings. The Morgan fingerprint density at radius 3 is 3.00 bits per heavy atom. The first kappa shape index (κ1) is 18.3. The maximum atomic E-state index is 13.0. The summed E-state index contributed by atoms with van der Waals surface area (Å²) in [7, 11) is 1.97. The Kier molecular flexibility index (Phi) is 4.62. The molecule has 1 N–H and O–H groups in total. The SMILES string of the molecule is Cn1cnc2cc(CNC(=O)[C@H]3CCCN3c3ccnc(-n4ccnc4)n3)ccc21. The van der Waals surface area contributed by atoms with E-state index in [4.69, 9.17) is 0 Å². The minimum absolute atomic E-state index is 0.0106. The summed E-state index contributed by atoms with van der Waals surface area (Å²) in [6.45, 7) is 1.26. The molecule has 1 fully saturated rings. The maximum Gasteiger partial charge on any atom is 0.243 e. The fourth-order valence-electron chi connectivity index (χ4n) is 3.91. The number of aromatic nitrogens is 6. The van der Waals surface area contributed by atoms with Gasteiger partial charge >= 0.3 is 0 Å². The normalized spacial score (nSPS) is 16.3. The van der Waals surface area contributed by atoms with Crippen LogP contribution in [-0.2, 0) is 18.4 Å². The van der Waals surface area contributed by atoms with Crippen LogP contribution in [-0.4, -0.2) is 47.6 Å². The highest BCUT2D eigenvalue weighted by molar-refractivity contribution is 5.85. The lowest BCUT2D eigenvalue weighted by Gasteiger charge is -2.25. The van der Waals surface area contributed by atoms with Gasteiger partial charge in [-0.25, -0.2) is 15.0 Å². The van der Waals surface area contributed by atoms with Crippen LogP contribution in [0.5, 0.6) is 0 Å². The fourth-order valence-corrected chi connectivity index (χ4v) is 3.91. The van der Waals surface area contributed by atoms with Gasteiger partial charge in [0.2, 0.25) is 11.9 Å². The van der Waals surface area contributed by atoms with Crippen LogP contribution in [0.3, 0.4) is 0 Å². The van der Waals surface area contributed by atoms with Crippen LogP contribution in [0.1, 0.15) is 18.4 Å². The maximum absolute atomic E-state index is 13.0. The zero-order valence-corrected chi connectivity index (χ0v) is 16.6. The minimum Gasteiger partial charge on any atom is -0.350 e. The topological polar surface area (TPSA) is 93.8 Å². The van der Waals surface area contributed by atoms with Crippen molar-refractivity contribution in [1.82, 2.24) is 34.4 Å². The van der Waals surface area contributed by atoms with Crippen LogP contribution >= 0.6 is 0 Å². The highest BCUT2D eigenvalue weighted by atomic mass is 16.2. The van der Waals surface area contributed by atoms with Gasteiger partial charge in [-0.15, -0.1) is 0 Å². The van der Waals surface area contributed by atoms with Crippen molar-refractivity contribution in [1.29, 1.82) is 0 Å². The lowest BCUT2D eigenvalue weighted by atomic mass is 10.1. The summed E-state index contributed by atoms with van der Waals surface area (Å²) < 4.78 is 3.73. The van der Waals surface area contributed by atoms with Gasteiger partial charge in [0.25, 0.3) is 0 Å². The lowest BCUT2D eigenvalue weighted by Crippen LogP contribution is -2.43. The zero-order chi connectivity index (χ0) is 20.5. The quantitative estimate of drug-likeness (QED) is 0.547. The summed E-state index contributed by atoms with van der Waals surface area (Å²) in [5, 5.41) is 3.08. The van der Waals surface area contributed by atoms with Gasteiger partial charge in [-0.05, 0) is 36.6 Å².